The van der Waals surface area contributed by atoms with E-state index in [-0.39, 0.29) is 5.78 Å². The van der Waals surface area contributed by atoms with Crippen molar-refractivity contribution in [3.05, 3.63) is 33.0 Å². The molecule has 5 heteroatoms. The minimum absolute atomic E-state index is 0.0969. The van der Waals surface area contributed by atoms with Crippen molar-refractivity contribution in [2.45, 2.75) is 26.3 Å². The maximum absolute atomic E-state index is 11.3. The molecular formula is C13H14N2OS2. The summed E-state index contributed by atoms with van der Waals surface area (Å²) >= 11 is 3.34. The molecule has 0 N–H and O–H groups in total. The SMILES string of the molecule is CC(=O)c1cnc(N2CCc3sccc3C2C)s1. The lowest BCUT2D eigenvalue weighted by Gasteiger charge is -2.33. The van der Waals surface area contributed by atoms with E-state index in [1.165, 1.54) is 21.8 Å². The van der Waals surface area contributed by atoms with Crippen molar-refractivity contribution in [2.75, 3.05) is 11.4 Å². The number of thiophene rings is 1. The number of Topliss-reactive ketones (excluding diaryl/α,β-unsaturated/α-hetero) is 1. The fourth-order valence-electron chi connectivity index (χ4n) is 2.33. The monoisotopic (exact) mass is 278 g/mol. The maximum Gasteiger partial charge on any atom is 0.186 e. The summed E-state index contributed by atoms with van der Waals surface area (Å²) in [4.78, 5) is 20.3. The summed E-state index contributed by atoms with van der Waals surface area (Å²) in [6.07, 6.45) is 2.77. The van der Waals surface area contributed by atoms with Crippen LogP contribution in [0, 0.1) is 0 Å². The van der Waals surface area contributed by atoms with E-state index < -0.39 is 0 Å². The van der Waals surface area contributed by atoms with Gasteiger partial charge in [-0.3, -0.25) is 4.79 Å². The second-order valence-electron chi connectivity index (χ2n) is 4.48. The summed E-state index contributed by atoms with van der Waals surface area (Å²) in [5.41, 5.74) is 1.41. The third-order valence-electron chi connectivity index (χ3n) is 3.36. The van der Waals surface area contributed by atoms with Crippen LogP contribution in [0.5, 0.6) is 0 Å². The van der Waals surface area contributed by atoms with E-state index in [0.717, 1.165) is 23.0 Å². The highest BCUT2D eigenvalue weighted by Gasteiger charge is 2.26. The van der Waals surface area contributed by atoms with Crippen LogP contribution in [0.1, 0.15) is 40.0 Å². The van der Waals surface area contributed by atoms with Gasteiger partial charge in [-0.25, -0.2) is 4.98 Å². The summed E-state index contributed by atoms with van der Waals surface area (Å²) in [5, 5.41) is 3.12. The normalized spacial score (nSPS) is 18.8. The largest absolute Gasteiger partial charge is 0.341 e. The number of hydrogen-bond acceptors (Lipinski definition) is 5. The third-order valence-corrected chi connectivity index (χ3v) is 5.50. The van der Waals surface area contributed by atoms with Gasteiger partial charge in [0.05, 0.1) is 17.1 Å². The van der Waals surface area contributed by atoms with Crippen LogP contribution in [0.3, 0.4) is 0 Å². The van der Waals surface area contributed by atoms with E-state index in [1.807, 2.05) is 11.3 Å². The molecule has 1 unspecified atom stereocenters. The first-order chi connectivity index (χ1) is 8.66. The second kappa shape index (κ2) is 4.48. The Morgan fingerprint density at radius 2 is 2.39 bits per heavy atom. The quantitative estimate of drug-likeness (QED) is 0.788. The minimum Gasteiger partial charge on any atom is -0.341 e. The average Bonchev–Trinajstić information content (AvgIpc) is 2.97. The van der Waals surface area contributed by atoms with E-state index in [9.17, 15) is 4.79 Å². The fraction of sp³-hybridized carbons (Fsp3) is 0.385. The van der Waals surface area contributed by atoms with Gasteiger partial charge in [0, 0.05) is 18.3 Å². The molecule has 3 heterocycles. The lowest BCUT2D eigenvalue weighted by molar-refractivity contribution is 0.102. The lowest BCUT2D eigenvalue weighted by Crippen LogP contribution is -2.32. The number of thiazole rings is 1. The number of carbonyl (C=O) groups excluding carboxylic acids is 1. The predicted octanol–water partition coefficient (Wildman–Crippen LogP) is 3.53. The molecule has 0 saturated heterocycles. The number of fused-ring (bicyclic) bond motifs is 1. The molecule has 0 aromatic carbocycles. The highest BCUT2D eigenvalue weighted by atomic mass is 32.1. The molecule has 0 saturated carbocycles. The Morgan fingerprint density at radius 3 is 3.11 bits per heavy atom. The van der Waals surface area contributed by atoms with Crippen LogP contribution in [-0.4, -0.2) is 17.3 Å². The Kier molecular flexibility index (Phi) is 2.95. The summed E-state index contributed by atoms with van der Waals surface area (Å²) in [6, 6.07) is 2.56. The Bertz CT molecular complexity index is 587. The van der Waals surface area contributed by atoms with Gasteiger partial charge in [-0.2, -0.15) is 0 Å². The van der Waals surface area contributed by atoms with E-state index in [4.69, 9.17) is 0 Å². The maximum atomic E-state index is 11.3. The van der Waals surface area contributed by atoms with Crippen molar-refractivity contribution >= 4 is 33.6 Å². The van der Waals surface area contributed by atoms with Crippen LogP contribution in [0.4, 0.5) is 5.13 Å². The molecular weight excluding hydrogens is 264 g/mol. The van der Waals surface area contributed by atoms with Gasteiger partial charge in [0.15, 0.2) is 10.9 Å². The number of anilines is 1. The van der Waals surface area contributed by atoms with Crippen molar-refractivity contribution < 1.29 is 4.79 Å². The van der Waals surface area contributed by atoms with Crippen LogP contribution in [0.15, 0.2) is 17.6 Å². The molecule has 94 valence electrons. The van der Waals surface area contributed by atoms with Crippen molar-refractivity contribution in [1.82, 2.24) is 4.98 Å². The zero-order chi connectivity index (χ0) is 12.7. The van der Waals surface area contributed by atoms with Crippen LogP contribution in [0.2, 0.25) is 0 Å². The second-order valence-corrected chi connectivity index (χ2v) is 6.49. The van der Waals surface area contributed by atoms with E-state index in [1.54, 1.807) is 13.1 Å². The zero-order valence-corrected chi connectivity index (χ0v) is 12.0. The molecule has 0 amide bonds. The van der Waals surface area contributed by atoms with Crippen molar-refractivity contribution in [3.63, 3.8) is 0 Å². The third kappa shape index (κ3) is 1.87. The van der Waals surface area contributed by atoms with E-state index in [0.29, 0.717) is 6.04 Å². The van der Waals surface area contributed by atoms with Crippen molar-refractivity contribution in [3.8, 4) is 0 Å². The summed E-state index contributed by atoms with van der Waals surface area (Å²) in [7, 11) is 0. The topological polar surface area (TPSA) is 33.2 Å². The predicted molar refractivity (Wildman–Crippen MR) is 75.9 cm³/mol. The molecule has 1 atom stereocenters. The first kappa shape index (κ1) is 11.9. The van der Waals surface area contributed by atoms with Gasteiger partial charge in [-0.05, 0) is 30.4 Å². The number of nitrogens with zero attached hydrogens (tertiary/aromatic N) is 2. The van der Waals surface area contributed by atoms with E-state index >= 15 is 0 Å². The number of carbonyl (C=O) groups is 1. The fourth-order valence-corrected chi connectivity index (χ4v) is 4.21. The van der Waals surface area contributed by atoms with Crippen LogP contribution in [0.25, 0.3) is 0 Å². The number of hydrogen-bond donors (Lipinski definition) is 0. The number of ketones is 1. The molecule has 1 aliphatic rings. The molecule has 0 fully saturated rings. The van der Waals surface area contributed by atoms with Gasteiger partial charge in [0.25, 0.3) is 0 Å². The number of rotatable bonds is 2. The molecule has 3 nitrogen and oxygen atoms in total. The summed E-state index contributed by atoms with van der Waals surface area (Å²) in [5.74, 6) is 0.0969. The molecule has 0 bridgehead atoms. The number of aromatic nitrogens is 1. The van der Waals surface area contributed by atoms with Gasteiger partial charge < -0.3 is 4.90 Å². The van der Waals surface area contributed by atoms with Crippen molar-refractivity contribution in [1.29, 1.82) is 0 Å². The first-order valence-corrected chi connectivity index (χ1v) is 7.66. The Balaban J connectivity index is 1.91. The van der Waals surface area contributed by atoms with Gasteiger partial charge in [0.2, 0.25) is 0 Å². The summed E-state index contributed by atoms with van der Waals surface area (Å²) in [6.45, 7) is 4.78. The Hall–Kier alpha value is -1.20. The molecule has 0 spiro atoms. The molecule has 0 aliphatic carbocycles. The molecule has 0 radical (unpaired) electrons. The van der Waals surface area contributed by atoms with Gasteiger partial charge >= 0.3 is 0 Å². The molecule has 3 rings (SSSR count). The molecule has 18 heavy (non-hydrogen) atoms. The lowest BCUT2D eigenvalue weighted by atomic mass is 10.0. The van der Waals surface area contributed by atoms with Crippen LogP contribution < -0.4 is 4.90 Å². The molecule has 2 aromatic heterocycles. The van der Waals surface area contributed by atoms with Crippen molar-refractivity contribution in [2.24, 2.45) is 0 Å². The highest BCUT2D eigenvalue weighted by Crippen LogP contribution is 2.37. The smallest absolute Gasteiger partial charge is 0.186 e. The Labute approximate surface area is 114 Å². The van der Waals surface area contributed by atoms with Crippen LogP contribution in [-0.2, 0) is 6.42 Å². The van der Waals surface area contributed by atoms with Crippen LogP contribution >= 0.6 is 22.7 Å². The van der Waals surface area contributed by atoms with Gasteiger partial charge in [-0.15, -0.1) is 11.3 Å². The first-order valence-electron chi connectivity index (χ1n) is 5.96. The standard InChI is InChI=1S/C13H14N2OS2/c1-8-10-4-6-17-11(10)3-5-15(8)13-14-7-12(18-13)9(2)16/h4,6-8H,3,5H2,1-2H3. The van der Waals surface area contributed by atoms with Gasteiger partial charge in [0.1, 0.15) is 0 Å². The van der Waals surface area contributed by atoms with E-state index in [2.05, 4.69) is 28.3 Å². The Morgan fingerprint density at radius 1 is 1.56 bits per heavy atom. The average molecular weight is 278 g/mol. The zero-order valence-electron chi connectivity index (χ0n) is 10.3. The molecule has 2 aromatic rings. The van der Waals surface area contributed by atoms with Gasteiger partial charge in [-0.1, -0.05) is 11.3 Å². The molecule has 1 aliphatic heterocycles. The highest BCUT2D eigenvalue weighted by molar-refractivity contribution is 7.17. The minimum atomic E-state index is 0.0969. The summed E-state index contributed by atoms with van der Waals surface area (Å²) < 4.78 is 0.